The fraction of sp³-hybridized carbons (Fsp3) is 0.217. The van der Waals surface area contributed by atoms with Gasteiger partial charge in [-0.15, -0.1) is 10.2 Å². The molecule has 0 saturated carbocycles. The molecule has 3 aromatic heterocycles. The first-order valence-corrected chi connectivity index (χ1v) is 10.1. The predicted molar refractivity (Wildman–Crippen MR) is 114 cm³/mol. The van der Waals surface area contributed by atoms with Gasteiger partial charge >= 0.3 is 0 Å². The third-order valence-electron chi connectivity index (χ3n) is 5.48. The number of rotatable bonds is 4. The normalized spacial score (nSPS) is 17.1. The molecule has 4 aromatic rings. The average molecular weight is 398 g/mol. The molecule has 0 N–H and O–H groups in total. The summed E-state index contributed by atoms with van der Waals surface area (Å²) >= 11 is 0. The van der Waals surface area contributed by atoms with Crippen LogP contribution in [0, 0.1) is 0 Å². The van der Waals surface area contributed by atoms with Crippen LogP contribution in [0.5, 0.6) is 0 Å². The zero-order chi connectivity index (χ0) is 20.3. The van der Waals surface area contributed by atoms with Crippen molar-refractivity contribution in [3.05, 3.63) is 84.6 Å². The van der Waals surface area contributed by atoms with Crippen LogP contribution < -0.4 is 0 Å². The molecule has 1 unspecified atom stereocenters. The Morgan fingerprint density at radius 1 is 1.07 bits per heavy atom. The number of carbonyl (C=O) groups excluding carboxylic acids is 1. The van der Waals surface area contributed by atoms with Crippen LogP contribution in [0.15, 0.2) is 73.2 Å². The summed E-state index contributed by atoms with van der Waals surface area (Å²) in [7, 11) is 0. The topological polar surface area (TPSA) is 68.3 Å². The minimum atomic E-state index is 0.0148. The monoisotopic (exact) mass is 398 g/mol. The zero-order valence-corrected chi connectivity index (χ0v) is 16.5. The first-order chi connectivity index (χ1) is 14.8. The van der Waals surface area contributed by atoms with Gasteiger partial charge in [-0.25, -0.2) is 4.68 Å². The van der Waals surface area contributed by atoms with Crippen molar-refractivity contribution >= 4 is 17.6 Å². The molecule has 4 heterocycles. The van der Waals surface area contributed by atoms with Crippen molar-refractivity contribution < 1.29 is 4.79 Å². The largest absolute Gasteiger partial charge is 0.338 e. The summed E-state index contributed by atoms with van der Waals surface area (Å²) in [5, 5.41) is 13.0. The SMILES string of the molecule is O=C(/C=C/c1cnn(-c2ccccc2)c1)N1CCCC(c2nnc3ccccn23)C1. The van der Waals surface area contributed by atoms with Crippen molar-refractivity contribution in [1.82, 2.24) is 29.3 Å². The lowest BCUT2D eigenvalue weighted by molar-refractivity contribution is -0.127. The Kier molecular flexibility index (Phi) is 4.85. The molecule has 7 nitrogen and oxygen atoms in total. The number of nitrogens with zero attached hydrogens (tertiary/aromatic N) is 6. The smallest absolute Gasteiger partial charge is 0.246 e. The fourth-order valence-electron chi connectivity index (χ4n) is 3.94. The average Bonchev–Trinajstić information content (AvgIpc) is 3.45. The number of hydrogen-bond acceptors (Lipinski definition) is 4. The van der Waals surface area contributed by atoms with E-state index in [1.54, 1.807) is 17.0 Å². The van der Waals surface area contributed by atoms with Crippen LogP contribution in [0.4, 0.5) is 0 Å². The van der Waals surface area contributed by atoms with E-state index in [1.165, 1.54) is 0 Å². The number of pyridine rings is 1. The number of amides is 1. The molecular formula is C23H22N6O. The zero-order valence-electron chi connectivity index (χ0n) is 16.5. The molecule has 5 rings (SSSR count). The quantitative estimate of drug-likeness (QED) is 0.495. The number of hydrogen-bond donors (Lipinski definition) is 0. The Balaban J connectivity index is 1.28. The van der Waals surface area contributed by atoms with Gasteiger partial charge in [-0.05, 0) is 43.2 Å². The standard InChI is InChI=1S/C23H22N6O/c30-22(12-11-18-15-24-29(16-18)20-8-2-1-3-9-20)27-13-6-7-19(17-27)23-26-25-21-10-4-5-14-28(21)23/h1-5,8-12,14-16,19H,6-7,13,17H2/b12-11+. The van der Waals surface area contributed by atoms with Gasteiger partial charge < -0.3 is 4.90 Å². The number of likely N-dealkylation sites (tertiary alicyclic amines) is 1. The summed E-state index contributed by atoms with van der Waals surface area (Å²) in [6, 6.07) is 15.8. The molecule has 7 heteroatoms. The van der Waals surface area contributed by atoms with Gasteiger partial charge in [-0.2, -0.15) is 5.10 Å². The van der Waals surface area contributed by atoms with Gasteiger partial charge in [-0.1, -0.05) is 24.3 Å². The van der Waals surface area contributed by atoms with E-state index in [9.17, 15) is 4.79 Å². The molecule has 30 heavy (non-hydrogen) atoms. The highest BCUT2D eigenvalue weighted by Gasteiger charge is 2.27. The number of carbonyl (C=O) groups is 1. The van der Waals surface area contributed by atoms with Gasteiger partial charge in [0, 0.05) is 43.0 Å². The Hall–Kier alpha value is -3.74. The third kappa shape index (κ3) is 3.61. The van der Waals surface area contributed by atoms with Crippen LogP contribution in [0.25, 0.3) is 17.4 Å². The van der Waals surface area contributed by atoms with Crippen LogP contribution >= 0.6 is 0 Å². The molecule has 1 aromatic carbocycles. The number of para-hydroxylation sites is 1. The maximum atomic E-state index is 12.8. The van der Waals surface area contributed by atoms with Gasteiger partial charge in [0.25, 0.3) is 0 Å². The van der Waals surface area contributed by atoms with E-state index in [-0.39, 0.29) is 11.8 Å². The van der Waals surface area contributed by atoms with Gasteiger partial charge in [0.2, 0.25) is 5.91 Å². The predicted octanol–water partition coefficient (Wildman–Crippen LogP) is 3.33. The summed E-state index contributed by atoms with van der Waals surface area (Å²) in [4.78, 5) is 14.7. The summed E-state index contributed by atoms with van der Waals surface area (Å²) < 4.78 is 3.82. The molecule has 1 amide bonds. The summed E-state index contributed by atoms with van der Waals surface area (Å²) in [5.74, 6) is 1.13. The van der Waals surface area contributed by atoms with Crippen molar-refractivity contribution in [2.75, 3.05) is 13.1 Å². The van der Waals surface area contributed by atoms with Crippen LogP contribution in [-0.2, 0) is 4.79 Å². The molecule has 1 aliphatic heterocycles. The molecule has 0 aliphatic carbocycles. The van der Waals surface area contributed by atoms with Crippen molar-refractivity contribution in [1.29, 1.82) is 0 Å². The lowest BCUT2D eigenvalue weighted by Gasteiger charge is -2.31. The minimum absolute atomic E-state index is 0.0148. The maximum absolute atomic E-state index is 12.8. The van der Waals surface area contributed by atoms with Crippen molar-refractivity contribution in [3.8, 4) is 5.69 Å². The van der Waals surface area contributed by atoms with E-state index < -0.39 is 0 Å². The Bertz CT molecular complexity index is 1190. The van der Waals surface area contributed by atoms with Crippen molar-refractivity contribution in [3.63, 3.8) is 0 Å². The number of benzene rings is 1. The van der Waals surface area contributed by atoms with E-state index in [2.05, 4.69) is 15.3 Å². The maximum Gasteiger partial charge on any atom is 0.246 e. The van der Waals surface area contributed by atoms with E-state index in [0.717, 1.165) is 42.1 Å². The first kappa shape index (κ1) is 18.3. The lowest BCUT2D eigenvalue weighted by Crippen LogP contribution is -2.38. The van der Waals surface area contributed by atoms with Crippen LogP contribution in [-0.4, -0.2) is 48.3 Å². The van der Waals surface area contributed by atoms with E-state index in [4.69, 9.17) is 0 Å². The summed E-state index contributed by atoms with van der Waals surface area (Å²) in [6.07, 6.45) is 11.1. The summed E-state index contributed by atoms with van der Waals surface area (Å²) in [5.41, 5.74) is 2.72. The van der Waals surface area contributed by atoms with E-state index in [1.807, 2.05) is 76.3 Å². The number of fused-ring (bicyclic) bond motifs is 1. The number of piperidine rings is 1. The lowest BCUT2D eigenvalue weighted by atomic mass is 9.97. The van der Waals surface area contributed by atoms with Crippen LogP contribution in [0.2, 0.25) is 0 Å². The highest BCUT2D eigenvalue weighted by Crippen LogP contribution is 2.26. The van der Waals surface area contributed by atoms with Crippen molar-refractivity contribution in [2.45, 2.75) is 18.8 Å². The van der Waals surface area contributed by atoms with Gasteiger partial charge in [-0.3, -0.25) is 9.20 Å². The van der Waals surface area contributed by atoms with Gasteiger partial charge in [0.05, 0.1) is 11.9 Å². The molecule has 0 bridgehead atoms. The minimum Gasteiger partial charge on any atom is -0.338 e. The Morgan fingerprint density at radius 3 is 2.83 bits per heavy atom. The molecule has 0 radical (unpaired) electrons. The van der Waals surface area contributed by atoms with E-state index >= 15 is 0 Å². The molecule has 0 spiro atoms. The Morgan fingerprint density at radius 2 is 1.93 bits per heavy atom. The van der Waals surface area contributed by atoms with Crippen molar-refractivity contribution in [2.24, 2.45) is 0 Å². The molecule has 1 saturated heterocycles. The number of aromatic nitrogens is 5. The molecule has 1 fully saturated rings. The molecule has 150 valence electrons. The van der Waals surface area contributed by atoms with E-state index in [0.29, 0.717) is 6.54 Å². The van der Waals surface area contributed by atoms with Gasteiger partial charge in [0.15, 0.2) is 5.65 Å². The van der Waals surface area contributed by atoms with Gasteiger partial charge in [0.1, 0.15) is 5.82 Å². The molecule has 1 aliphatic rings. The second kappa shape index (κ2) is 7.94. The second-order valence-corrected chi connectivity index (χ2v) is 7.50. The van der Waals surface area contributed by atoms with Crippen LogP contribution in [0.1, 0.15) is 30.1 Å². The highest BCUT2D eigenvalue weighted by molar-refractivity contribution is 5.91. The fourth-order valence-corrected chi connectivity index (χ4v) is 3.94. The Labute approximate surface area is 174 Å². The first-order valence-electron chi connectivity index (χ1n) is 10.1. The summed E-state index contributed by atoms with van der Waals surface area (Å²) in [6.45, 7) is 1.42. The second-order valence-electron chi connectivity index (χ2n) is 7.50. The molecule has 1 atom stereocenters. The molecular weight excluding hydrogens is 376 g/mol. The third-order valence-corrected chi connectivity index (χ3v) is 5.48. The van der Waals surface area contributed by atoms with Crippen LogP contribution in [0.3, 0.4) is 0 Å². The highest BCUT2D eigenvalue weighted by atomic mass is 16.2.